The summed E-state index contributed by atoms with van der Waals surface area (Å²) in [6.07, 6.45) is 5.12. The zero-order valence-corrected chi connectivity index (χ0v) is 12.2. The van der Waals surface area contributed by atoms with Crippen LogP contribution in [0.2, 0.25) is 0 Å². The van der Waals surface area contributed by atoms with Crippen LogP contribution in [0.4, 0.5) is 0 Å². The van der Waals surface area contributed by atoms with Gasteiger partial charge in [0.25, 0.3) is 0 Å². The Morgan fingerprint density at radius 1 is 1.25 bits per heavy atom. The molecule has 0 atom stereocenters. The average Bonchev–Trinajstić information content (AvgIpc) is 3.08. The lowest BCUT2D eigenvalue weighted by molar-refractivity contribution is 0.526. The lowest BCUT2D eigenvalue weighted by Gasteiger charge is -2.16. The molecule has 2 heterocycles. The van der Waals surface area contributed by atoms with Gasteiger partial charge in [0.15, 0.2) is 0 Å². The van der Waals surface area contributed by atoms with Gasteiger partial charge in [-0.15, -0.1) is 11.6 Å². The SMILES string of the molecule is CC1(n2c(CCCl)nc3cnc4ccccc4c32)CC1. The third-order valence-electron chi connectivity index (χ3n) is 4.29. The van der Waals surface area contributed by atoms with E-state index in [0.29, 0.717) is 5.88 Å². The fourth-order valence-electron chi connectivity index (χ4n) is 2.99. The summed E-state index contributed by atoms with van der Waals surface area (Å²) < 4.78 is 2.41. The van der Waals surface area contributed by atoms with E-state index in [1.54, 1.807) is 0 Å². The summed E-state index contributed by atoms with van der Waals surface area (Å²) in [6, 6.07) is 8.29. The van der Waals surface area contributed by atoms with Crippen molar-refractivity contribution in [2.75, 3.05) is 5.88 Å². The molecule has 0 bridgehead atoms. The van der Waals surface area contributed by atoms with Crippen molar-refractivity contribution >= 4 is 33.5 Å². The zero-order chi connectivity index (χ0) is 13.7. The molecule has 1 fully saturated rings. The number of alkyl halides is 1. The number of pyridine rings is 1. The van der Waals surface area contributed by atoms with Gasteiger partial charge in [-0.25, -0.2) is 4.98 Å². The van der Waals surface area contributed by atoms with E-state index in [1.165, 1.54) is 23.7 Å². The van der Waals surface area contributed by atoms with Crippen LogP contribution >= 0.6 is 11.6 Å². The first-order valence-electron chi connectivity index (χ1n) is 7.04. The fourth-order valence-corrected chi connectivity index (χ4v) is 3.16. The largest absolute Gasteiger partial charge is 0.321 e. The van der Waals surface area contributed by atoms with Gasteiger partial charge >= 0.3 is 0 Å². The van der Waals surface area contributed by atoms with Crippen molar-refractivity contribution in [1.82, 2.24) is 14.5 Å². The standard InChI is InChI=1S/C16H16ClN3/c1-16(7-8-16)20-14(6-9-17)19-13-10-18-12-5-3-2-4-11(12)15(13)20/h2-5,10H,6-9H2,1H3. The third-order valence-corrected chi connectivity index (χ3v) is 4.48. The second-order valence-corrected chi connectivity index (χ2v) is 6.19. The van der Waals surface area contributed by atoms with Crippen molar-refractivity contribution in [1.29, 1.82) is 0 Å². The first kappa shape index (κ1) is 12.2. The maximum absolute atomic E-state index is 5.96. The molecule has 1 saturated carbocycles. The van der Waals surface area contributed by atoms with Crippen LogP contribution in [-0.2, 0) is 12.0 Å². The van der Waals surface area contributed by atoms with Crippen molar-refractivity contribution in [3.63, 3.8) is 0 Å². The minimum Gasteiger partial charge on any atom is -0.321 e. The molecule has 0 amide bonds. The van der Waals surface area contributed by atoms with Crippen LogP contribution < -0.4 is 0 Å². The number of rotatable bonds is 3. The molecule has 20 heavy (non-hydrogen) atoms. The Hall–Kier alpha value is -1.61. The number of para-hydroxylation sites is 1. The number of aryl methyl sites for hydroxylation is 1. The number of fused-ring (bicyclic) bond motifs is 3. The predicted molar refractivity (Wildman–Crippen MR) is 82.3 cm³/mol. The van der Waals surface area contributed by atoms with E-state index in [9.17, 15) is 0 Å². The molecule has 1 aliphatic rings. The van der Waals surface area contributed by atoms with Crippen LogP contribution in [-0.4, -0.2) is 20.4 Å². The van der Waals surface area contributed by atoms with Crippen LogP contribution in [0.15, 0.2) is 30.5 Å². The quantitative estimate of drug-likeness (QED) is 0.684. The van der Waals surface area contributed by atoms with Crippen LogP contribution in [0.3, 0.4) is 0 Å². The molecule has 4 rings (SSSR count). The molecule has 1 aromatic carbocycles. The summed E-state index contributed by atoms with van der Waals surface area (Å²) in [5.74, 6) is 1.69. The van der Waals surface area contributed by atoms with Crippen LogP contribution in [0.5, 0.6) is 0 Å². The molecular formula is C16H16ClN3. The van der Waals surface area contributed by atoms with Crippen LogP contribution in [0.1, 0.15) is 25.6 Å². The highest BCUT2D eigenvalue weighted by Crippen LogP contribution is 2.46. The fraction of sp³-hybridized carbons (Fsp3) is 0.375. The topological polar surface area (TPSA) is 30.7 Å². The Balaban J connectivity index is 2.13. The molecule has 102 valence electrons. The van der Waals surface area contributed by atoms with Gasteiger partial charge in [-0.05, 0) is 25.8 Å². The van der Waals surface area contributed by atoms with Gasteiger partial charge < -0.3 is 4.57 Å². The molecule has 1 aliphatic carbocycles. The molecule has 3 nitrogen and oxygen atoms in total. The van der Waals surface area contributed by atoms with Gasteiger partial charge in [-0.2, -0.15) is 0 Å². The number of hydrogen-bond acceptors (Lipinski definition) is 2. The van der Waals surface area contributed by atoms with E-state index in [0.717, 1.165) is 23.3 Å². The highest BCUT2D eigenvalue weighted by molar-refractivity contribution is 6.18. The predicted octanol–water partition coefficient (Wildman–Crippen LogP) is 3.87. The smallest absolute Gasteiger partial charge is 0.111 e. The Kier molecular flexibility index (Phi) is 2.55. The van der Waals surface area contributed by atoms with Crippen molar-refractivity contribution in [2.45, 2.75) is 31.7 Å². The first-order chi connectivity index (χ1) is 9.73. The highest BCUT2D eigenvalue weighted by atomic mass is 35.5. The Morgan fingerprint density at radius 3 is 2.80 bits per heavy atom. The number of nitrogens with zero attached hydrogens (tertiary/aromatic N) is 3. The Labute approximate surface area is 122 Å². The lowest BCUT2D eigenvalue weighted by Crippen LogP contribution is -2.16. The van der Waals surface area contributed by atoms with E-state index < -0.39 is 0 Å². The van der Waals surface area contributed by atoms with Crippen molar-refractivity contribution in [3.05, 3.63) is 36.3 Å². The summed E-state index contributed by atoms with van der Waals surface area (Å²) in [5, 5.41) is 1.19. The van der Waals surface area contributed by atoms with Gasteiger partial charge in [0.1, 0.15) is 11.3 Å². The monoisotopic (exact) mass is 285 g/mol. The highest BCUT2D eigenvalue weighted by Gasteiger charge is 2.42. The molecule has 0 spiro atoms. The van der Waals surface area contributed by atoms with E-state index in [-0.39, 0.29) is 5.54 Å². The molecule has 0 aliphatic heterocycles. The van der Waals surface area contributed by atoms with E-state index in [1.807, 2.05) is 12.3 Å². The number of aromatic nitrogens is 3. The minimum absolute atomic E-state index is 0.209. The number of halogens is 1. The van der Waals surface area contributed by atoms with Crippen molar-refractivity contribution in [2.24, 2.45) is 0 Å². The zero-order valence-electron chi connectivity index (χ0n) is 11.4. The average molecular weight is 286 g/mol. The van der Waals surface area contributed by atoms with Gasteiger partial charge in [-0.1, -0.05) is 18.2 Å². The molecule has 2 aromatic heterocycles. The van der Waals surface area contributed by atoms with Crippen LogP contribution in [0.25, 0.3) is 21.9 Å². The molecular weight excluding hydrogens is 270 g/mol. The molecule has 0 N–H and O–H groups in total. The van der Waals surface area contributed by atoms with E-state index >= 15 is 0 Å². The summed E-state index contributed by atoms with van der Waals surface area (Å²) in [5.41, 5.74) is 3.44. The Morgan fingerprint density at radius 2 is 2.05 bits per heavy atom. The van der Waals surface area contributed by atoms with Gasteiger partial charge in [0.2, 0.25) is 0 Å². The normalized spacial score (nSPS) is 16.9. The van der Waals surface area contributed by atoms with E-state index in [2.05, 4.69) is 34.7 Å². The first-order valence-corrected chi connectivity index (χ1v) is 7.58. The maximum atomic E-state index is 5.96. The lowest BCUT2D eigenvalue weighted by atomic mass is 10.1. The maximum Gasteiger partial charge on any atom is 0.111 e. The van der Waals surface area contributed by atoms with Gasteiger partial charge in [0, 0.05) is 23.2 Å². The summed E-state index contributed by atoms with van der Waals surface area (Å²) in [4.78, 5) is 9.29. The number of imidazole rings is 1. The summed E-state index contributed by atoms with van der Waals surface area (Å²) in [6.45, 7) is 2.31. The van der Waals surface area contributed by atoms with Crippen molar-refractivity contribution < 1.29 is 0 Å². The summed E-state index contributed by atoms with van der Waals surface area (Å²) in [7, 11) is 0. The molecule has 0 unspecified atom stereocenters. The molecule has 0 radical (unpaired) electrons. The Bertz CT molecular complexity index is 802. The minimum atomic E-state index is 0.209. The van der Waals surface area contributed by atoms with Gasteiger partial charge in [0.05, 0.1) is 17.2 Å². The van der Waals surface area contributed by atoms with E-state index in [4.69, 9.17) is 16.6 Å². The third kappa shape index (κ3) is 1.66. The summed E-state index contributed by atoms with van der Waals surface area (Å²) >= 11 is 5.96. The van der Waals surface area contributed by atoms with Crippen molar-refractivity contribution in [3.8, 4) is 0 Å². The second kappa shape index (κ2) is 4.19. The van der Waals surface area contributed by atoms with Crippen LogP contribution in [0, 0.1) is 0 Å². The molecule has 3 aromatic rings. The molecule has 4 heteroatoms. The number of hydrogen-bond donors (Lipinski definition) is 0. The number of benzene rings is 1. The van der Waals surface area contributed by atoms with Gasteiger partial charge in [-0.3, -0.25) is 4.98 Å². The molecule has 0 saturated heterocycles. The second-order valence-electron chi connectivity index (χ2n) is 5.81.